The van der Waals surface area contributed by atoms with E-state index in [2.05, 4.69) is 26.2 Å². The SMILES string of the molecule is CC(C)(N)c1ccc(Cl)c(Nc2nc3ccc(Br)cc3c3c(=O)[nH]ccc23)c1. The minimum Gasteiger partial charge on any atom is -0.338 e. The van der Waals surface area contributed by atoms with E-state index in [0.29, 0.717) is 32.8 Å². The molecule has 0 unspecified atom stereocenters. The van der Waals surface area contributed by atoms with Crippen molar-refractivity contribution in [2.45, 2.75) is 19.4 Å². The van der Waals surface area contributed by atoms with Crippen LogP contribution in [0.25, 0.3) is 21.7 Å². The zero-order chi connectivity index (χ0) is 20.1. The van der Waals surface area contributed by atoms with Gasteiger partial charge in [-0.1, -0.05) is 33.6 Å². The predicted octanol–water partition coefficient (Wildman–Crippen LogP) is 5.43. The van der Waals surface area contributed by atoms with Crippen molar-refractivity contribution >= 4 is 60.7 Å². The minimum absolute atomic E-state index is 0.172. The molecule has 0 spiro atoms. The van der Waals surface area contributed by atoms with Crippen LogP contribution in [0.5, 0.6) is 0 Å². The quantitative estimate of drug-likeness (QED) is 0.358. The topological polar surface area (TPSA) is 83.8 Å². The van der Waals surface area contributed by atoms with Crippen LogP contribution < -0.4 is 16.6 Å². The van der Waals surface area contributed by atoms with Gasteiger partial charge in [0.2, 0.25) is 0 Å². The summed E-state index contributed by atoms with van der Waals surface area (Å²) in [7, 11) is 0. The van der Waals surface area contributed by atoms with Gasteiger partial charge in [0, 0.05) is 27.0 Å². The number of nitrogens with two attached hydrogens (primary N) is 1. The summed E-state index contributed by atoms with van der Waals surface area (Å²) in [5.74, 6) is 0.560. The van der Waals surface area contributed by atoms with E-state index >= 15 is 0 Å². The molecule has 4 rings (SSSR count). The molecule has 0 fully saturated rings. The summed E-state index contributed by atoms with van der Waals surface area (Å²) < 4.78 is 0.882. The van der Waals surface area contributed by atoms with Gasteiger partial charge >= 0.3 is 0 Å². The molecule has 0 radical (unpaired) electrons. The number of nitrogens with one attached hydrogen (secondary N) is 2. The van der Waals surface area contributed by atoms with Gasteiger partial charge in [0.25, 0.3) is 5.56 Å². The van der Waals surface area contributed by atoms with Crippen molar-refractivity contribution in [3.05, 3.63) is 74.1 Å². The molecule has 142 valence electrons. The molecule has 0 aliphatic rings. The van der Waals surface area contributed by atoms with Gasteiger partial charge < -0.3 is 16.0 Å². The highest BCUT2D eigenvalue weighted by Crippen LogP contribution is 2.34. The molecule has 2 heterocycles. The van der Waals surface area contributed by atoms with Crippen LogP contribution in [-0.4, -0.2) is 9.97 Å². The van der Waals surface area contributed by atoms with E-state index in [1.54, 1.807) is 12.3 Å². The highest BCUT2D eigenvalue weighted by Gasteiger charge is 2.17. The van der Waals surface area contributed by atoms with Crippen LogP contribution >= 0.6 is 27.5 Å². The van der Waals surface area contributed by atoms with Crippen molar-refractivity contribution in [1.82, 2.24) is 9.97 Å². The van der Waals surface area contributed by atoms with Crippen molar-refractivity contribution in [3.63, 3.8) is 0 Å². The van der Waals surface area contributed by atoms with Crippen LogP contribution in [0.1, 0.15) is 19.4 Å². The summed E-state index contributed by atoms with van der Waals surface area (Å²) in [4.78, 5) is 20.1. The smallest absolute Gasteiger partial charge is 0.256 e. The van der Waals surface area contributed by atoms with Crippen molar-refractivity contribution in [3.8, 4) is 0 Å². The second-order valence-electron chi connectivity index (χ2n) is 7.26. The number of anilines is 2. The Labute approximate surface area is 175 Å². The Balaban J connectivity index is 1.96. The molecule has 0 bridgehead atoms. The van der Waals surface area contributed by atoms with Gasteiger partial charge in [0.05, 0.1) is 21.6 Å². The number of rotatable bonds is 3. The number of benzene rings is 2. The monoisotopic (exact) mass is 456 g/mol. The lowest BCUT2D eigenvalue weighted by molar-refractivity contribution is 0.555. The van der Waals surface area contributed by atoms with E-state index in [9.17, 15) is 4.79 Å². The Hall–Kier alpha value is -2.41. The summed E-state index contributed by atoms with van der Waals surface area (Å²) in [6, 6.07) is 13.1. The maximum absolute atomic E-state index is 12.6. The van der Waals surface area contributed by atoms with Crippen molar-refractivity contribution in [2.24, 2.45) is 5.73 Å². The first-order valence-electron chi connectivity index (χ1n) is 8.70. The second-order valence-corrected chi connectivity index (χ2v) is 8.58. The molecule has 0 saturated carbocycles. The fraction of sp³-hybridized carbons (Fsp3) is 0.143. The summed E-state index contributed by atoms with van der Waals surface area (Å²) in [5.41, 5.74) is 7.88. The molecule has 7 heteroatoms. The average Bonchev–Trinajstić information content (AvgIpc) is 2.63. The largest absolute Gasteiger partial charge is 0.338 e. The first-order valence-corrected chi connectivity index (χ1v) is 9.88. The lowest BCUT2D eigenvalue weighted by Gasteiger charge is -2.21. The van der Waals surface area contributed by atoms with Crippen LogP contribution in [0.15, 0.2) is 57.9 Å². The Kier molecular flexibility index (Phi) is 4.65. The van der Waals surface area contributed by atoms with E-state index < -0.39 is 5.54 Å². The third-order valence-electron chi connectivity index (χ3n) is 4.64. The van der Waals surface area contributed by atoms with Gasteiger partial charge in [-0.05, 0) is 55.8 Å². The molecule has 0 aliphatic heterocycles. The fourth-order valence-electron chi connectivity index (χ4n) is 3.17. The minimum atomic E-state index is -0.511. The van der Waals surface area contributed by atoms with Crippen LogP contribution in [0.2, 0.25) is 5.02 Å². The molecular formula is C21H18BrClN4O. The number of aromatic amines is 1. The third-order valence-corrected chi connectivity index (χ3v) is 5.46. The van der Waals surface area contributed by atoms with E-state index in [-0.39, 0.29) is 5.56 Å². The molecule has 28 heavy (non-hydrogen) atoms. The highest BCUT2D eigenvalue weighted by molar-refractivity contribution is 9.10. The molecule has 4 N–H and O–H groups in total. The zero-order valence-corrected chi connectivity index (χ0v) is 17.6. The van der Waals surface area contributed by atoms with E-state index in [0.717, 1.165) is 15.4 Å². The maximum Gasteiger partial charge on any atom is 0.256 e. The van der Waals surface area contributed by atoms with Crippen LogP contribution in [-0.2, 0) is 5.54 Å². The number of H-pyrrole nitrogens is 1. The zero-order valence-electron chi connectivity index (χ0n) is 15.3. The normalized spacial score (nSPS) is 11.9. The van der Waals surface area contributed by atoms with Gasteiger partial charge in [-0.25, -0.2) is 4.98 Å². The van der Waals surface area contributed by atoms with Gasteiger partial charge in [0.1, 0.15) is 5.82 Å². The van der Waals surface area contributed by atoms with Crippen LogP contribution in [0.4, 0.5) is 11.5 Å². The number of nitrogens with zero attached hydrogens (tertiary/aromatic N) is 1. The Morgan fingerprint density at radius 1 is 1.14 bits per heavy atom. The van der Waals surface area contributed by atoms with Crippen molar-refractivity contribution < 1.29 is 0 Å². The van der Waals surface area contributed by atoms with Crippen molar-refractivity contribution in [2.75, 3.05) is 5.32 Å². The van der Waals surface area contributed by atoms with Gasteiger partial charge in [0.15, 0.2) is 0 Å². The number of aromatic nitrogens is 2. The highest BCUT2D eigenvalue weighted by atomic mass is 79.9. The number of hydrogen-bond acceptors (Lipinski definition) is 4. The number of hydrogen-bond donors (Lipinski definition) is 3. The second kappa shape index (κ2) is 6.88. The first kappa shape index (κ1) is 18.9. The van der Waals surface area contributed by atoms with Gasteiger partial charge in [-0.3, -0.25) is 4.79 Å². The third kappa shape index (κ3) is 3.39. The lowest BCUT2D eigenvalue weighted by Crippen LogP contribution is -2.28. The van der Waals surface area contributed by atoms with Crippen molar-refractivity contribution in [1.29, 1.82) is 0 Å². The predicted molar refractivity (Wildman–Crippen MR) is 120 cm³/mol. The lowest BCUT2D eigenvalue weighted by atomic mass is 9.95. The Morgan fingerprint density at radius 3 is 2.68 bits per heavy atom. The van der Waals surface area contributed by atoms with E-state index in [4.69, 9.17) is 22.3 Å². The molecule has 5 nitrogen and oxygen atoms in total. The Bertz CT molecular complexity index is 1280. The molecule has 0 saturated heterocycles. The fourth-order valence-corrected chi connectivity index (χ4v) is 3.70. The van der Waals surface area contributed by atoms with Gasteiger partial charge in [-0.15, -0.1) is 0 Å². The molecule has 4 aromatic rings. The summed E-state index contributed by atoms with van der Waals surface area (Å²) in [5, 5.41) is 5.90. The molecular weight excluding hydrogens is 440 g/mol. The molecule has 0 aliphatic carbocycles. The number of fused-ring (bicyclic) bond motifs is 3. The summed E-state index contributed by atoms with van der Waals surface area (Å²) in [6.07, 6.45) is 1.61. The summed E-state index contributed by atoms with van der Waals surface area (Å²) in [6.45, 7) is 3.86. The average molecular weight is 458 g/mol. The van der Waals surface area contributed by atoms with E-state index in [1.165, 1.54) is 0 Å². The molecule has 2 aromatic carbocycles. The van der Waals surface area contributed by atoms with Gasteiger partial charge in [-0.2, -0.15) is 0 Å². The molecule has 2 aromatic heterocycles. The maximum atomic E-state index is 12.6. The molecule has 0 atom stereocenters. The van der Waals surface area contributed by atoms with Crippen LogP contribution in [0, 0.1) is 0 Å². The van der Waals surface area contributed by atoms with Crippen LogP contribution in [0.3, 0.4) is 0 Å². The van der Waals surface area contributed by atoms with E-state index in [1.807, 2.05) is 50.2 Å². The Morgan fingerprint density at radius 2 is 1.93 bits per heavy atom. The standard InChI is InChI=1S/C21H18BrClN4O/c1-21(2,24)11-3-5-15(23)17(9-11)27-19-13-7-8-25-20(28)18(13)14-10-12(22)4-6-16(14)26-19/h3-10H,24H2,1-2H3,(H,25,28)(H,26,27). The first-order chi connectivity index (χ1) is 13.2. The summed E-state index contributed by atoms with van der Waals surface area (Å²) >= 11 is 9.88. The molecule has 0 amide bonds. The number of halogens is 2. The number of pyridine rings is 2.